The number of amides is 1. The fourth-order valence-corrected chi connectivity index (χ4v) is 1.31. The molecule has 0 aromatic carbocycles. The molecular formula is C8H13N3OS. The molecule has 2 N–H and O–H groups in total. The van der Waals surface area contributed by atoms with E-state index in [9.17, 15) is 4.79 Å². The maximum Gasteiger partial charge on any atom is 0.235 e. The molecule has 1 heterocycles. The van der Waals surface area contributed by atoms with E-state index >= 15 is 0 Å². The predicted octanol–water partition coefficient (Wildman–Crippen LogP) is 1.49. The van der Waals surface area contributed by atoms with Gasteiger partial charge in [0.05, 0.1) is 11.9 Å². The molecular weight excluding hydrogens is 186 g/mol. The van der Waals surface area contributed by atoms with Crippen molar-refractivity contribution >= 4 is 23.5 Å². The lowest BCUT2D eigenvalue weighted by molar-refractivity contribution is -0.113. The van der Waals surface area contributed by atoms with Crippen molar-refractivity contribution in [1.82, 2.24) is 10.2 Å². The van der Waals surface area contributed by atoms with Gasteiger partial charge < -0.3 is 5.32 Å². The summed E-state index contributed by atoms with van der Waals surface area (Å²) in [6.45, 7) is 4.13. The van der Waals surface area contributed by atoms with Crippen LogP contribution in [0, 0.1) is 0 Å². The lowest BCUT2D eigenvalue weighted by Crippen LogP contribution is -2.15. The van der Waals surface area contributed by atoms with E-state index in [4.69, 9.17) is 0 Å². The number of hydrogen-bond donors (Lipinski definition) is 2. The maximum absolute atomic E-state index is 11.2. The van der Waals surface area contributed by atoms with Gasteiger partial charge in [0.2, 0.25) is 5.91 Å². The fourth-order valence-electron chi connectivity index (χ4n) is 0.754. The molecule has 1 aromatic heterocycles. The Kier molecular flexibility index (Phi) is 3.82. The van der Waals surface area contributed by atoms with Gasteiger partial charge in [0, 0.05) is 6.07 Å². The highest BCUT2D eigenvalue weighted by atomic mass is 32.2. The number of carbonyl (C=O) groups is 1. The third-order valence-corrected chi connectivity index (χ3v) is 2.42. The third kappa shape index (κ3) is 3.98. The van der Waals surface area contributed by atoms with Crippen LogP contribution in [0.5, 0.6) is 0 Å². The number of rotatable bonds is 4. The minimum Gasteiger partial charge on any atom is -0.310 e. The SMILES string of the molecule is CC(C)SCC(=O)Nc1ccn[nH]1. The van der Waals surface area contributed by atoms with Gasteiger partial charge in [0.15, 0.2) is 0 Å². The predicted molar refractivity (Wildman–Crippen MR) is 54.8 cm³/mol. The molecule has 1 rings (SSSR count). The molecule has 13 heavy (non-hydrogen) atoms. The van der Waals surface area contributed by atoms with Crippen LogP contribution in [0.25, 0.3) is 0 Å². The largest absolute Gasteiger partial charge is 0.310 e. The first-order valence-electron chi connectivity index (χ1n) is 4.09. The second kappa shape index (κ2) is 4.91. The molecule has 0 aliphatic heterocycles. The van der Waals surface area contributed by atoms with Crippen LogP contribution in [0.4, 0.5) is 5.82 Å². The molecule has 0 aliphatic carbocycles. The van der Waals surface area contributed by atoms with E-state index in [2.05, 4.69) is 29.4 Å². The van der Waals surface area contributed by atoms with Crippen LogP contribution in [-0.2, 0) is 4.79 Å². The van der Waals surface area contributed by atoms with Gasteiger partial charge in [0.1, 0.15) is 5.82 Å². The number of thioether (sulfide) groups is 1. The molecule has 72 valence electrons. The van der Waals surface area contributed by atoms with Gasteiger partial charge in [-0.05, 0) is 5.25 Å². The topological polar surface area (TPSA) is 57.8 Å². The second-order valence-corrected chi connectivity index (χ2v) is 4.44. The summed E-state index contributed by atoms with van der Waals surface area (Å²) < 4.78 is 0. The number of nitrogens with zero attached hydrogens (tertiary/aromatic N) is 1. The molecule has 0 saturated heterocycles. The van der Waals surface area contributed by atoms with E-state index in [1.165, 1.54) is 0 Å². The number of hydrogen-bond acceptors (Lipinski definition) is 3. The van der Waals surface area contributed by atoms with Crippen molar-refractivity contribution in [3.05, 3.63) is 12.3 Å². The average Bonchev–Trinajstić information content (AvgIpc) is 2.53. The first-order valence-corrected chi connectivity index (χ1v) is 5.14. The normalized spacial score (nSPS) is 10.4. The summed E-state index contributed by atoms with van der Waals surface area (Å²) in [6, 6.07) is 1.72. The number of H-pyrrole nitrogens is 1. The molecule has 0 bridgehead atoms. The second-order valence-electron chi connectivity index (χ2n) is 2.88. The number of aromatic nitrogens is 2. The van der Waals surface area contributed by atoms with Crippen LogP contribution < -0.4 is 5.32 Å². The van der Waals surface area contributed by atoms with Crippen molar-refractivity contribution < 1.29 is 4.79 Å². The van der Waals surface area contributed by atoms with Gasteiger partial charge in [-0.25, -0.2) is 0 Å². The number of aromatic amines is 1. The summed E-state index contributed by atoms with van der Waals surface area (Å²) in [6.07, 6.45) is 1.60. The van der Waals surface area contributed by atoms with Crippen molar-refractivity contribution in [2.75, 3.05) is 11.1 Å². The van der Waals surface area contributed by atoms with E-state index in [1.807, 2.05) is 0 Å². The Hall–Kier alpha value is -0.970. The number of carbonyl (C=O) groups excluding carboxylic acids is 1. The zero-order chi connectivity index (χ0) is 9.68. The molecule has 0 spiro atoms. The van der Waals surface area contributed by atoms with E-state index < -0.39 is 0 Å². The molecule has 0 saturated carbocycles. The van der Waals surface area contributed by atoms with E-state index in [0.717, 1.165) is 0 Å². The van der Waals surface area contributed by atoms with E-state index in [-0.39, 0.29) is 5.91 Å². The van der Waals surface area contributed by atoms with Crippen LogP contribution in [0.1, 0.15) is 13.8 Å². The Bertz CT molecular complexity index is 258. The lowest BCUT2D eigenvalue weighted by Gasteiger charge is -2.04. The highest BCUT2D eigenvalue weighted by Crippen LogP contribution is 2.09. The van der Waals surface area contributed by atoms with E-state index in [1.54, 1.807) is 24.0 Å². The van der Waals surface area contributed by atoms with Crippen molar-refractivity contribution in [2.45, 2.75) is 19.1 Å². The average molecular weight is 199 g/mol. The van der Waals surface area contributed by atoms with Crippen LogP contribution in [-0.4, -0.2) is 27.1 Å². The van der Waals surface area contributed by atoms with Gasteiger partial charge in [-0.15, -0.1) is 11.8 Å². The standard InChI is InChI=1S/C8H13N3OS/c1-6(2)13-5-8(12)10-7-3-4-9-11-7/h3-4,6H,5H2,1-2H3,(H2,9,10,11,12). The Morgan fingerprint density at radius 3 is 3.08 bits per heavy atom. The monoisotopic (exact) mass is 199 g/mol. The van der Waals surface area contributed by atoms with E-state index in [0.29, 0.717) is 16.8 Å². The smallest absolute Gasteiger partial charge is 0.235 e. The molecule has 5 heteroatoms. The highest BCUT2D eigenvalue weighted by molar-refractivity contribution is 8.00. The third-order valence-electron chi connectivity index (χ3n) is 1.32. The summed E-state index contributed by atoms with van der Waals surface area (Å²) in [5.74, 6) is 1.13. The lowest BCUT2D eigenvalue weighted by atomic mass is 10.6. The Balaban J connectivity index is 2.26. The minimum atomic E-state index is 0.00273. The van der Waals surface area contributed by atoms with Crippen molar-refractivity contribution in [3.63, 3.8) is 0 Å². The van der Waals surface area contributed by atoms with Gasteiger partial charge in [0.25, 0.3) is 0 Å². The first kappa shape index (κ1) is 10.1. The van der Waals surface area contributed by atoms with Crippen LogP contribution in [0.15, 0.2) is 12.3 Å². The summed E-state index contributed by atoms with van der Waals surface area (Å²) in [7, 11) is 0. The van der Waals surface area contributed by atoms with Crippen molar-refractivity contribution in [2.24, 2.45) is 0 Å². The van der Waals surface area contributed by atoms with Crippen molar-refractivity contribution in [1.29, 1.82) is 0 Å². The first-order chi connectivity index (χ1) is 6.18. The Labute approximate surface area is 81.5 Å². The number of nitrogens with one attached hydrogen (secondary N) is 2. The van der Waals surface area contributed by atoms with Gasteiger partial charge in [-0.3, -0.25) is 9.89 Å². The molecule has 4 nitrogen and oxygen atoms in total. The Morgan fingerprint density at radius 1 is 1.77 bits per heavy atom. The quantitative estimate of drug-likeness (QED) is 0.772. The van der Waals surface area contributed by atoms with Gasteiger partial charge in [-0.1, -0.05) is 13.8 Å². The maximum atomic E-state index is 11.2. The minimum absolute atomic E-state index is 0.00273. The molecule has 0 unspecified atom stereocenters. The number of anilines is 1. The summed E-state index contributed by atoms with van der Waals surface area (Å²) in [5.41, 5.74) is 0. The fraction of sp³-hybridized carbons (Fsp3) is 0.500. The zero-order valence-corrected chi connectivity index (χ0v) is 8.52. The van der Waals surface area contributed by atoms with Crippen LogP contribution >= 0.6 is 11.8 Å². The summed E-state index contributed by atoms with van der Waals surface area (Å²) in [5, 5.41) is 9.57. The molecule has 1 aromatic rings. The molecule has 0 aliphatic rings. The van der Waals surface area contributed by atoms with Crippen molar-refractivity contribution in [3.8, 4) is 0 Å². The summed E-state index contributed by atoms with van der Waals surface area (Å²) in [4.78, 5) is 11.2. The summed E-state index contributed by atoms with van der Waals surface area (Å²) >= 11 is 1.61. The van der Waals surface area contributed by atoms with Gasteiger partial charge in [-0.2, -0.15) is 5.10 Å². The molecule has 0 atom stereocenters. The van der Waals surface area contributed by atoms with Crippen LogP contribution in [0.2, 0.25) is 0 Å². The zero-order valence-electron chi connectivity index (χ0n) is 7.70. The molecule has 1 amide bonds. The molecule has 0 fully saturated rings. The van der Waals surface area contributed by atoms with Gasteiger partial charge >= 0.3 is 0 Å². The Morgan fingerprint density at radius 2 is 2.54 bits per heavy atom. The van der Waals surface area contributed by atoms with Crippen LogP contribution in [0.3, 0.4) is 0 Å². The highest BCUT2D eigenvalue weighted by Gasteiger charge is 2.04. The molecule has 0 radical (unpaired) electrons.